The van der Waals surface area contributed by atoms with Crippen LogP contribution in [0, 0.1) is 13.8 Å². The maximum absolute atomic E-state index is 12.7. The highest BCUT2D eigenvalue weighted by atomic mass is 79.9. The Morgan fingerprint density at radius 1 is 1.20 bits per heavy atom. The standard InChI is InChI=1S/C17H19BrN2O4S/c1-11-5-6-13(9-14(11)18)19-17(21)15-10-16(12(2)24-15)25(22,23)20-7-3-4-8-20/h5-6,9-10H,3-4,7-8H2,1-2H3,(H,19,21). The van der Waals surface area contributed by atoms with Crippen LogP contribution >= 0.6 is 15.9 Å². The third kappa shape index (κ3) is 3.65. The molecule has 3 rings (SSSR count). The van der Waals surface area contributed by atoms with Crippen LogP contribution in [0.4, 0.5) is 5.69 Å². The van der Waals surface area contributed by atoms with E-state index in [9.17, 15) is 13.2 Å². The molecule has 2 aromatic rings. The number of halogens is 1. The average molecular weight is 427 g/mol. The molecule has 1 aromatic heterocycles. The first-order valence-electron chi connectivity index (χ1n) is 7.97. The first kappa shape index (κ1) is 18.2. The molecule has 1 fully saturated rings. The number of carbonyl (C=O) groups excluding carboxylic acids is 1. The van der Waals surface area contributed by atoms with Gasteiger partial charge in [0.25, 0.3) is 5.91 Å². The summed E-state index contributed by atoms with van der Waals surface area (Å²) in [5.41, 5.74) is 1.64. The molecule has 1 N–H and O–H groups in total. The summed E-state index contributed by atoms with van der Waals surface area (Å²) in [5, 5.41) is 2.72. The van der Waals surface area contributed by atoms with Crippen LogP contribution in [0.25, 0.3) is 0 Å². The van der Waals surface area contributed by atoms with Gasteiger partial charge in [-0.1, -0.05) is 22.0 Å². The Labute approximate surface area is 155 Å². The van der Waals surface area contributed by atoms with Crippen molar-refractivity contribution < 1.29 is 17.6 Å². The predicted octanol–water partition coefficient (Wildman–Crippen LogP) is 3.70. The van der Waals surface area contributed by atoms with Crippen LogP contribution in [-0.4, -0.2) is 31.7 Å². The summed E-state index contributed by atoms with van der Waals surface area (Å²) in [4.78, 5) is 12.5. The topological polar surface area (TPSA) is 79.6 Å². The Morgan fingerprint density at radius 2 is 1.88 bits per heavy atom. The van der Waals surface area contributed by atoms with E-state index >= 15 is 0 Å². The molecule has 0 radical (unpaired) electrons. The number of nitrogens with one attached hydrogen (secondary N) is 1. The minimum atomic E-state index is -3.62. The van der Waals surface area contributed by atoms with E-state index in [-0.39, 0.29) is 16.4 Å². The number of furan rings is 1. The molecule has 25 heavy (non-hydrogen) atoms. The number of sulfonamides is 1. The van der Waals surface area contributed by atoms with Crippen molar-refractivity contribution in [3.63, 3.8) is 0 Å². The van der Waals surface area contributed by atoms with Crippen molar-refractivity contribution in [2.45, 2.75) is 31.6 Å². The Bertz CT molecular complexity index is 915. The second kappa shape index (κ2) is 6.93. The SMILES string of the molecule is Cc1ccc(NC(=O)c2cc(S(=O)(=O)N3CCCC3)c(C)o2)cc1Br. The Balaban J connectivity index is 1.84. The molecule has 1 saturated heterocycles. The third-order valence-electron chi connectivity index (χ3n) is 4.21. The summed E-state index contributed by atoms with van der Waals surface area (Å²) < 4.78 is 33.0. The van der Waals surface area contributed by atoms with E-state index in [1.165, 1.54) is 10.4 Å². The van der Waals surface area contributed by atoms with Crippen LogP contribution in [0.3, 0.4) is 0 Å². The van der Waals surface area contributed by atoms with E-state index < -0.39 is 15.9 Å². The molecule has 1 aliphatic rings. The van der Waals surface area contributed by atoms with E-state index in [1.54, 1.807) is 19.1 Å². The maximum atomic E-state index is 12.7. The predicted molar refractivity (Wildman–Crippen MR) is 98.3 cm³/mol. The number of aryl methyl sites for hydroxylation is 2. The van der Waals surface area contributed by atoms with Gasteiger partial charge < -0.3 is 9.73 Å². The fourth-order valence-electron chi connectivity index (χ4n) is 2.76. The lowest BCUT2D eigenvalue weighted by Gasteiger charge is -2.14. The summed E-state index contributed by atoms with van der Waals surface area (Å²) in [6.45, 7) is 4.51. The Morgan fingerprint density at radius 3 is 2.52 bits per heavy atom. The van der Waals surface area contributed by atoms with Crippen molar-refractivity contribution >= 4 is 37.5 Å². The number of rotatable bonds is 4. The maximum Gasteiger partial charge on any atom is 0.291 e. The largest absolute Gasteiger partial charge is 0.455 e. The third-order valence-corrected chi connectivity index (χ3v) is 7.07. The lowest BCUT2D eigenvalue weighted by atomic mass is 10.2. The molecule has 1 amide bonds. The van der Waals surface area contributed by atoms with Crippen molar-refractivity contribution in [3.8, 4) is 0 Å². The lowest BCUT2D eigenvalue weighted by molar-refractivity contribution is 0.0995. The highest BCUT2D eigenvalue weighted by molar-refractivity contribution is 9.10. The summed E-state index contributed by atoms with van der Waals surface area (Å²) >= 11 is 3.41. The van der Waals surface area contributed by atoms with Gasteiger partial charge in [-0.15, -0.1) is 0 Å². The van der Waals surface area contributed by atoms with Gasteiger partial charge in [-0.25, -0.2) is 8.42 Å². The minimum Gasteiger partial charge on any atom is -0.455 e. The fourth-order valence-corrected chi connectivity index (χ4v) is 4.82. The average Bonchev–Trinajstić information content (AvgIpc) is 3.21. The second-order valence-electron chi connectivity index (χ2n) is 6.06. The molecule has 1 aliphatic heterocycles. The molecule has 0 unspecified atom stereocenters. The van der Waals surface area contributed by atoms with Gasteiger partial charge >= 0.3 is 0 Å². The fraction of sp³-hybridized carbons (Fsp3) is 0.353. The molecular weight excluding hydrogens is 408 g/mol. The molecule has 134 valence electrons. The quantitative estimate of drug-likeness (QED) is 0.807. The normalized spacial score (nSPS) is 15.5. The molecule has 0 spiro atoms. The monoisotopic (exact) mass is 426 g/mol. The van der Waals surface area contributed by atoms with Crippen LogP contribution in [0.1, 0.15) is 34.7 Å². The van der Waals surface area contributed by atoms with E-state index in [0.717, 1.165) is 22.9 Å². The first-order chi connectivity index (χ1) is 11.8. The molecule has 6 nitrogen and oxygen atoms in total. The van der Waals surface area contributed by atoms with Gasteiger partial charge in [0.1, 0.15) is 10.7 Å². The second-order valence-corrected chi connectivity index (χ2v) is 8.82. The number of anilines is 1. The van der Waals surface area contributed by atoms with Crippen molar-refractivity contribution in [3.05, 3.63) is 45.8 Å². The number of benzene rings is 1. The van der Waals surface area contributed by atoms with Gasteiger partial charge in [0.05, 0.1) is 0 Å². The van der Waals surface area contributed by atoms with E-state index in [1.807, 2.05) is 13.0 Å². The lowest BCUT2D eigenvalue weighted by Crippen LogP contribution is -2.28. The van der Waals surface area contributed by atoms with Gasteiger partial charge in [0, 0.05) is 29.3 Å². The summed E-state index contributed by atoms with van der Waals surface area (Å²) in [7, 11) is -3.62. The number of nitrogens with zero attached hydrogens (tertiary/aromatic N) is 1. The molecule has 8 heteroatoms. The van der Waals surface area contributed by atoms with Gasteiger partial charge in [0.15, 0.2) is 5.76 Å². The first-order valence-corrected chi connectivity index (χ1v) is 10.2. The molecule has 0 bridgehead atoms. The van der Waals surface area contributed by atoms with E-state index in [0.29, 0.717) is 18.8 Å². The molecule has 2 heterocycles. The molecule has 0 saturated carbocycles. The van der Waals surface area contributed by atoms with E-state index in [2.05, 4.69) is 21.2 Å². The Hall–Kier alpha value is -1.64. The molecular formula is C17H19BrN2O4S. The summed E-state index contributed by atoms with van der Waals surface area (Å²) in [6, 6.07) is 6.73. The van der Waals surface area contributed by atoms with Gasteiger partial charge in [-0.2, -0.15) is 4.31 Å². The highest BCUT2D eigenvalue weighted by Gasteiger charge is 2.31. The van der Waals surface area contributed by atoms with Gasteiger partial charge in [-0.05, 0) is 44.4 Å². The van der Waals surface area contributed by atoms with Crippen molar-refractivity contribution in [2.24, 2.45) is 0 Å². The van der Waals surface area contributed by atoms with Crippen LogP contribution in [0.2, 0.25) is 0 Å². The minimum absolute atomic E-state index is 0.0213. The highest BCUT2D eigenvalue weighted by Crippen LogP contribution is 2.27. The van der Waals surface area contributed by atoms with Crippen molar-refractivity contribution in [1.82, 2.24) is 4.31 Å². The van der Waals surface area contributed by atoms with Crippen molar-refractivity contribution in [1.29, 1.82) is 0 Å². The smallest absolute Gasteiger partial charge is 0.291 e. The van der Waals surface area contributed by atoms with Crippen LogP contribution in [-0.2, 0) is 10.0 Å². The molecule has 0 aliphatic carbocycles. The van der Waals surface area contributed by atoms with Crippen LogP contribution in [0.5, 0.6) is 0 Å². The van der Waals surface area contributed by atoms with Gasteiger partial charge in [0.2, 0.25) is 10.0 Å². The summed E-state index contributed by atoms with van der Waals surface area (Å²) in [5.74, 6) is -0.282. The number of hydrogen-bond acceptors (Lipinski definition) is 4. The zero-order chi connectivity index (χ0) is 18.2. The Kier molecular flexibility index (Phi) is 5.04. The van der Waals surface area contributed by atoms with Crippen molar-refractivity contribution in [2.75, 3.05) is 18.4 Å². The number of carbonyl (C=O) groups is 1. The van der Waals surface area contributed by atoms with Gasteiger partial charge in [-0.3, -0.25) is 4.79 Å². The summed E-state index contributed by atoms with van der Waals surface area (Å²) in [6.07, 6.45) is 1.71. The molecule has 1 aromatic carbocycles. The number of hydrogen-bond donors (Lipinski definition) is 1. The van der Waals surface area contributed by atoms with E-state index in [4.69, 9.17) is 4.42 Å². The number of amides is 1. The zero-order valence-electron chi connectivity index (χ0n) is 14.0. The van der Waals surface area contributed by atoms with Crippen LogP contribution in [0.15, 0.2) is 38.1 Å². The molecule has 0 atom stereocenters. The zero-order valence-corrected chi connectivity index (χ0v) is 16.4. The van der Waals surface area contributed by atoms with Crippen LogP contribution < -0.4 is 5.32 Å².